The largest absolute Gasteiger partial charge is 0.473 e. The fourth-order valence-electron chi connectivity index (χ4n) is 3.06. The Kier molecular flexibility index (Phi) is 5.90. The van der Waals surface area contributed by atoms with Crippen LogP contribution in [0.4, 0.5) is 10.1 Å². The zero-order valence-electron chi connectivity index (χ0n) is 16.3. The zero-order chi connectivity index (χ0) is 20.8. The van der Waals surface area contributed by atoms with E-state index in [0.29, 0.717) is 41.8 Å². The van der Waals surface area contributed by atoms with Crippen molar-refractivity contribution in [1.82, 2.24) is 4.98 Å². The number of anilines is 1. The summed E-state index contributed by atoms with van der Waals surface area (Å²) in [7, 11) is 0. The molecule has 0 radical (unpaired) electrons. The van der Waals surface area contributed by atoms with Crippen LogP contribution in [0.25, 0.3) is 11.1 Å². The standard InChI is InChI=1S/C25H21FN2O2/c26-20-11-12-21(23(27)15-20)22-13-14-24(29-16-18-7-3-1-4-8-18)28-25(22)30-17-19-9-5-2-6-10-19/h1-15H,16-17,27H2. The summed E-state index contributed by atoms with van der Waals surface area (Å²) in [5.74, 6) is 0.424. The van der Waals surface area contributed by atoms with Crippen LogP contribution in [-0.2, 0) is 13.2 Å². The fourth-order valence-corrected chi connectivity index (χ4v) is 3.06. The van der Waals surface area contributed by atoms with Crippen LogP contribution < -0.4 is 15.2 Å². The minimum atomic E-state index is -0.390. The quantitative estimate of drug-likeness (QED) is 0.409. The molecule has 150 valence electrons. The molecular weight excluding hydrogens is 379 g/mol. The van der Waals surface area contributed by atoms with E-state index in [4.69, 9.17) is 15.2 Å². The number of hydrogen-bond acceptors (Lipinski definition) is 4. The third-order valence-electron chi connectivity index (χ3n) is 4.59. The number of rotatable bonds is 7. The first kappa shape index (κ1) is 19.5. The van der Waals surface area contributed by atoms with E-state index in [9.17, 15) is 4.39 Å². The molecule has 0 fully saturated rings. The van der Waals surface area contributed by atoms with E-state index in [1.165, 1.54) is 12.1 Å². The van der Waals surface area contributed by atoms with Crippen LogP contribution in [0, 0.1) is 5.82 Å². The molecule has 30 heavy (non-hydrogen) atoms. The number of benzene rings is 3. The minimum absolute atomic E-state index is 0.319. The summed E-state index contributed by atoms with van der Waals surface area (Å²) in [5.41, 5.74) is 9.74. The molecule has 0 aliphatic heterocycles. The van der Waals surface area contributed by atoms with Crippen LogP contribution in [0.5, 0.6) is 11.8 Å². The van der Waals surface area contributed by atoms with E-state index in [0.717, 1.165) is 11.1 Å². The van der Waals surface area contributed by atoms with Gasteiger partial charge in [-0.25, -0.2) is 4.39 Å². The smallest absolute Gasteiger partial charge is 0.225 e. The van der Waals surface area contributed by atoms with Gasteiger partial charge in [0.15, 0.2) is 0 Å². The molecule has 2 N–H and O–H groups in total. The van der Waals surface area contributed by atoms with Gasteiger partial charge in [0, 0.05) is 22.9 Å². The Morgan fingerprint density at radius 2 is 1.30 bits per heavy atom. The highest BCUT2D eigenvalue weighted by molar-refractivity contribution is 5.79. The minimum Gasteiger partial charge on any atom is -0.473 e. The van der Waals surface area contributed by atoms with Crippen molar-refractivity contribution in [2.24, 2.45) is 0 Å². The van der Waals surface area contributed by atoms with Crippen molar-refractivity contribution in [1.29, 1.82) is 0 Å². The molecule has 0 unspecified atom stereocenters. The van der Waals surface area contributed by atoms with Gasteiger partial charge in [-0.3, -0.25) is 0 Å². The topological polar surface area (TPSA) is 57.4 Å². The SMILES string of the molecule is Nc1cc(F)ccc1-c1ccc(OCc2ccccc2)nc1OCc1ccccc1. The Labute approximate surface area is 174 Å². The third kappa shape index (κ3) is 4.75. The van der Waals surface area contributed by atoms with Crippen LogP contribution in [-0.4, -0.2) is 4.98 Å². The summed E-state index contributed by atoms with van der Waals surface area (Å²) in [6.45, 7) is 0.730. The molecule has 0 aliphatic rings. The van der Waals surface area contributed by atoms with E-state index in [1.54, 1.807) is 12.1 Å². The number of halogens is 1. The molecule has 0 amide bonds. The Balaban J connectivity index is 1.62. The summed E-state index contributed by atoms with van der Waals surface area (Å²) >= 11 is 0. The van der Waals surface area contributed by atoms with Crippen molar-refractivity contribution in [3.05, 3.63) is 108 Å². The molecule has 0 spiro atoms. The Morgan fingerprint density at radius 3 is 1.93 bits per heavy atom. The average Bonchev–Trinajstić information content (AvgIpc) is 2.78. The van der Waals surface area contributed by atoms with Crippen LogP contribution in [0.2, 0.25) is 0 Å². The highest BCUT2D eigenvalue weighted by Crippen LogP contribution is 2.35. The van der Waals surface area contributed by atoms with Crippen molar-refractivity contribution in [2.75, 3.05) is 5.73 Å². The Bertz CT molecular complexity index is 1120. The monoisotopic (exact) mass is 400 g/mol. The summed E-state index contributed by atoms with van der Waals surface area (Å²) in [6.07, 6.45) is 0. The molecule has 1 aromatic heterocycles. The molecule has 3 aromatic carbocycles. The van der Waals surface area contributed by atoms with Gasteiger partial charge in [0.05, 0.1) is 0 Å². The van der Waals surface area contributed by atoms with E-state index in [1.807, 2.05) is 66.7 Å². The lowest BCUT2D eigenvalue weighted by Gasteiger charge is -2.14. The number of hydrogen-bond donors (Lipinski definition) is 1. The number of nitrogens with two attached hydrogens (primary N) is 1. The molecule has 4 aromatic rings. The number of aromatic nitrogens is 1. The highest BCUT2D eigenvalue weighted by atomic mass is 19.1. The fraction of sp³-hybridized carbons (Fsp3) is 0.0800. The highest BCUT2D eigenvalue weighted by Gasteiger charge is 2.14. The number of nitrogen functional groups attached to an aromatic ring is 1. The third-order valence-corrected chi connectivity index (χ3v) is 4.59. The first-order chi connectivity index (χ1) is 14.7. The normalized spacial score (nSPS) is 10.6. The lowest BCUT2D eigenvalue weighted by atomic mass is 10.0. The van der Waals surface area contributed by atoms with Gasteiger partial charge in [-0.15, -0.1) is 0 Å². The van der Waals surface area contributed by atoms with Crippen molar-refractivity contribution in [3.8, 4) is 22.9 Å². The van der Waals surface area contributed by atoms with Gasteiger partial charge in [0.1, 0.15) is 19.0 Å². The first-order valence-corrected chi connectivity index (χ1v) is 9.59. The first-order valence-electron chi connectivity index (χ1n) is 9.59. The Hall–Kier alpha value is -3.86. The van der Waals surface area contributed by atoms with E-state index >= 15 is 0 Å². The molecular formula is C25H21FN2O2. The molecule has 0 aliphatic carbocycles. The maximum absolute atomic E-state index is 13.5. The van der Waals surface area contributed by atoms with E-state index in [-0.39, 0.29) is 0 Å². The van der Waals surface area contributed by atoms with Gasteiger partial charge in [-0.2, -0.15) is 4.98 Å². The second kappa shape index (κ2) is 9.09. The molecule has 0 bridgehead atoms. The predicted octanol–water partition coefficient (Wildman–Crippen LogP) is 5.63. The van der Waals surface area contributed by atoms with Crippen molar-refractivity contribution < 1.29 is 13.9 Å². The zero-order valence-corrected chi connectivity index (χ0v) is 16.3. The van der Waals surface area contributed by atoms with Crippen LogP contribution in [0.1, 0.15) is 11.1 Å². The van der Waals surface area contributed by atoms with Crippen molar-refractivity contribution in [3.63, 3.8) is 0 Å². The second-order valence-corrected chi connectivity index (χ2v) is 6.78. The maximum Gasteiger partial charge on any atom is 0.225 e. The lowest BCUT2D eigenvalue weighted by molar-refractivity contribution is 0.268. The van der Waals surface area contributed by atoms with E-state index < -0.39 is 5.82 Å². The van der Waals surface area contributed by atoms with E-state index in [2.05, 4.69) is 4.98 Å². The van der Waals surface area contributed by atoms with Gasteiger partial charge >= 0.3 is 0 Å². The lowest BCUT2D eigenvalue weighted by Crippen LogP contribution is -2.03. The summed E-state index contributed by atoms with van der Waals surface area (Å²) in [5, 5.41) is 0. The van der Waals surface area contributed by atoms with Crippen molar-refractivity contribution >= 4 is 5.69 Å². The molecule has 0 saturated heterocycles. The van der Waals surface area contributed by atoms with Crippen molar-refractivity contribution in [2.45, 2.75) is 13.2 Å². The summed E-state index contributed by atoms with van der Waals surface area (Å²) < 4.78 is 25.4. The van der Waals surface area contributed by atoms with Gasteiger partial charge in [-0.1, -0.05) is 60.7 Å². The number of pyridine rings is 1. The molecule has 1 heterocycles. The second-order valence-electron chi connectivity index (χ2n) is 6.78. The predicted molar refractivity (Wildman–Crippen MR) is 116 cm³/mol. The average molecular weight is 400 g/mol. The molecule has 0 atom stereocenters. The number of nitrogens with zero attached hydrogens (tertiary/aromatic N) is 1. The molecule has 4 rings (SSSR count). The van der Waals surface area contributed by atoms with Gasteiger partial charge in [-0.05, 0) is 35.4 Å². The van der Waals surface area contributed by atoms with Gasteiger partial charge < -0.3 is 15.2 Å². The van der Waals surface area contributed by atoms with Crippen LogP contribution >= 0.6 is 0 Å². The maximum atomic E-state index is 13.5. The van der Waals surface area contributed by atoms with Crippen LogP contribution in [0.15, 0.2) is 91.0 Å². The number of ether oxygens (including phenoxy) is 2. The molecule has 5 heteroatoms. The van der Waals surface area contributed by atoms with Gasteiger partial charge in [0.2, 0.25) is 11.8 Å². The summed E-state index contributed by atoms with van der Waals surface area (Å²) in [6, 6.07) is 27.5. The van der Waals surface area contributed by atoms with Gasteiger partial charge in [0.25, 0.3) is 0 Å². The summed E-state index contributed by atoms with van der Waals surface area (Å²) in [4.78, 5) is 4.55. The molecule has 4 nitrogen and oxygen atoms in total. The molecule has 0 saturated carbocycles. The Morgan fingerprint density at radius 1 is 0.700 bits per heavy atom. The van der Waals surface area contributed by atoms with Crippen LogP contribution in [0.3, 0.4) is 0 Å².